The van der Waals surface area contributed by atoms with Gasteiger partial charge in [0.1, 0.15) is 11.4 Å². The smallest absolute Gasteiger partial charge is 0.273 e. The summed E-state index contributed by atoms with van der Waals surface area (Å²) in [6.45, 7) is 6.25. The lowest BCUT2D eigenvalue weighted by atomic mass is 9.86. The number of hydrogen-bond acceptors (Lipinski definition) is 3. The van der Waals surface area contributed by atoms with Gasteiger partial charge < -0.3 is 0 Å². The van der Waals surface area contributed by atoms with Crippen LogP contribution in [0.5, 0.6) is 0 Å². The molecular weight excluding hydrogens is 347 g/mol. The van der Waals surface area contributed by atoms with Gasteiger partial charge in [-0.2, -0.15) is 0 Å². The molecule has 3 rings (SSSR count). The van der Waals surface area contributed by atoms with E-state index in [1.165, 1.54) is 24.3 Å². The van der Waals surface area contributed by atoms with E-state index >= 15 is 0 Å². The summed E-state index contributed by atoms with van der Waals surface area (Å²) in [6, 6.07) is 11.6. The number of anilines is 1. The van der Waals surface area contributed by atoms with Crippen LogP contribution < -0.4 is 10.2 Å². The Bertz CT molecular complexity index is 956. The fraction of sp³-hybridized carbons (Fsp3) is 0.190. The highest BCUT2D eigenvalue weighted by Gasteiger charge is 2.36. The first-order chi connectivity index (χ1) is 12.7. The molecule has 2 aromatic rings. The summed E-state index contributed by atoms with van der Waals surface area (Å²) in [5.41, 5.74) is 1.60. The van der Waals surface area contributed by atoms with Gasteiger partial charge in [-0.05, 0) is 40.8 Å². The minimum atomic E-state index is -0.907. The minimum absolute atomic E-state index is 0.0235. The standard InChI is InChI=1S/C21H19FN2O3/c1-21(2,3)14-9-7-13(8-10-14)11-17-18(25)23-20(27)24(19(17)26)16-6-4-5-15(22)12-16/h4-12H,1-3H3,(H,23,25,27)/b17-11-. The number of imide groups is 2. The van der Waals surface area contributed by atoms with E-state index in [2.05, 4.69) is 26.1 Å². The zero-order valence-electron chi connectivity index (χ0n) is 15.2. The van der Waals surface area contributed by atoms with Crippen LogP contribution in [0.3, 0.4) is 0 Å². The Morgan fingerprint density at radius 3 is 2.26 bits per heavy atom. The fourth-order valence-corrected chi connectivity index (χ4v) is 2.75. The van der Waals surface area contributed by atoms with Crippen LogP contribution in [0.15, 0.2) is 54.1 Å². The zero-order valence-corrected chi connectivity index (χ0v) is 15.2. The van der Waals surface area contributed by atoms with Crippen LogP contribution >= 0.6 is 0 Å². The van der Waals surface area contributed by atoms with Crippen molar-refractivity contribution in [2.24, 2.45) is 0 Å². The van der Waals surface area contributed by atoms with E-state index in [1.54, 1.807) is 12.1 Å². The summed E-state index contributed by atoms with van der Waals surface area (Å²) in [6.07, 6.45) is 1.42. The topological polar surface area (TPSA) is 66.5 Å². The Morgan fingerprint density at radius 2 is 1.67 bits per heavy atom. The lowest BCUT2D eigenvalue weighted by Crippen LogP contribution is -2.54. The number of nitrogens with one attached hydrogen (secondary N) is 1. The van der Waals surface area contributed by atoms with Gasteiger partial charge in [0.25, 0.3) is 11.8 Å². The van der Waals surface area contributed by atoms with Gasteiger partial charge in [0, 0.05) is 0 Å². The summed E-state index contributed by atoms with van der Waals surface area (Å²) in [5.74, 6) is -2.17. The summed E-state index contributed by atoms with van der Waals surface area (Å²) >= 11 is 0. The van der Waals surface area contributed by atoms with E-state index in [1.807, 2.05) is 12.1 Å². The molecule has 5 nitrogen and oxygen atoms in total. The first kappa shape index (κ1) is 18.5. The van der Waals surface area contributed by atoms with Gasteiger partial charge in [-0.3, -0.25) is 14.9 Å². The molecule has 1 saturated heterocycles. The molecule has 0 aromatic heterocycles. The van der Waals surface area contributed by atoms with Crippen molar-refractivity contribution < 1.29 is 18.8 Å². The van der Waals surface area contributed by atoms with Gasteiger partial charge in [-0.15, -0.1) is 0 Å². The highest BCUT2D eigenvalue weighted by molar-refractivity contribution is 6.39. The molecule has 4 amide bonds. The monoisotopic (exact) mass is 366 g/mol. The molecule has 0 atom stereocenters. The lowest BCUT2D eigenvalue weighted by Gasteiger charge is -2.26. The van der Waals surface area contributed by atoms with Gasteiger partial charge in [0.15, 0.2) is 0 Å². The number of carbonyl (C=O) groups excluding carboxylic acids is 3. The average molecular weight is 366 g/mol. The second kappa shape index (κ2) is 6.79. The van der Waals surface area contributed by atoms with Gasteiger partial charge in [-0.25, -0.2) is 14.1 Å². The van der Waals surface area contributed by atoms with Crippen LogP contribution in [-0.2, 0) is 15.0 Å². The number of halogens is 1. The van der Waals surface area contributed by atoms with Crippen molar-refractivity contribution in [3.05, 3.63) is 71.0 Å². The Hall–Kier alpha value is -3.28. The molecule has 0 spiro atoms. The second-order valence-corrected chi connectivity index (χ2v) is 7.31. The maximum Gasteiger partial charge on any atom is 0.335 e. The van der Waals surface area contributed by atoms with Crippen molar-refractivity contribution in [2.45, 2.75) is 26.2 Å². The van der Waals surface area contributed by atoms with Crippen LogP contribution in [0, 0.1) is 5.82 Å². The molecule has 1 N–H and O–H groups in total. The van der Waals surface area contributed by atoms with Crippen molar-refractivity contribution >= 4 is 29.6 Å². The number of rotatable bonds is 2. The van der Waals surface area contributed by atoms with Crippen LogP contribution in [0.2, 0.25) is 0 Å². The molecule has 0 bridgehead atoms. The first-order valence-corrected chi connectivity index (χ1v) is 8.44. The highest BCUT2D eigenvalue weighted by atomic mass is 19.1. The van der Waals surface area contributed by atoms with Crippen molar-refractivity contribution in [3.63, 3.8) is 0 Å². The number of carbonyl (C=O) groups is 3. The van der Waals surface area contributed by atoms with Crippen LogP contribution in [0.25, 0.3) is 6.08 Å². The van der Waals surface area contributed by atoms with Crippen molar-refractivity contribution in [1.29, 1.82) is 0 Å². The van der Waals surface area contributed by atoms with Crippen LogP contribution in [0.4, 0.5) is 14.9 Å². The Labute approximate surface area is 156 Å². The highest BCUT2D eigenvalue weighted by Crippen LogP contribution is 2.25. The molecule has 2 aromatic carbocycles. The molecular formula is C21H19FN2O3. The number of urea groups is 1. The maximum absolute atomic E-state index is 13.5. The molecule has 0 unspecified atom stereocenters. The van der Waals surface area contributed by atoms with E-state index in [0.717, 1.165) is 16.5 Å². The summed E-state index contributed by atoms with van der Waals surface area (Å²) in [5, 5.41) is 2.12. The van der Waals surface area contributed by atoms with Gasteiger partial charge in [-0.1, -0.05) is 51.1 Å². The molecule has 6 heteroatoms. The van der Waals surface area contributed by atoms with E-state index in [9.17, 15) is 18.8 Å². The van der Waals surface area contributed by atoms with Crippen molar-refractivity contribution in [2.75, 3.05) is 4.90 Å². The van der Waals surface area contributed by atoms with Crippen LogP contribution in [-0.4, -0.2) is 17.8 Å². The van der Waals surface area contributed by atoms with E-state index in [4.69, 9.17) is 0 Å². The predicted molar refractivity (Wildman–Crippen MR) is 101 cm³/mol. The minimum Gasteiger partial charge on any atom is -0.273 e. The fourth-order valence-electron chi connectivity index (χ4n) is 2.75. The third-order valence-corrected chi connectivity index (χ3v) is 4.26. The number of amides is 4. The van der Waals surface area contributed by atoms with Crippen molar-refractivity contribution in [3.8, 4) is 0 Å². The third-order valence-electron chi connectivity index (χ3n) is 4.26. The van der Waals surface area contributed by atoms with Gasteiger partial charge in [0.2, 0.25) is 0 Å². The van der Waals surface area contributed by atoms with E-state index in [0.29, 0.717) is 5.56 Å². The van der Waals surface area contributed by atoms with E-state index < -0.39 is 23.7 Å². The second-order valence-electron chi connectivity index (χ2n) is 7.31. The number of barbiturate groups is 1. The molecule has 0 saturated carbocycles. The molecule has 138 valence electrons. The number of benzene rings is 2. The van der Waals surface area contributed by atoms with Crippen molar-refractivity contribution in [1.82, 2.24) is 5.32 Å². The largest absolute Gasteiger partial charge is 0.335 e. The van der Waals surface area contributed by atoms with E-state index in [-0.39, 0.29) is 16.7 Å². The molecule has 0 aliphatic carbocycles. The lowest BCUT2D eigenvalue weighted by molar-refractivity contribution is -0.122. The molecule has 0 radical (unpaired) electrons. The van der Waals surface area contributed by atoms with Gasteiger partial charge >= 0.3 is 6.03 Å². The first-order valence-electron chi connectivity index (χ1n) is 8.44. The third kappa shape index (κ3) is 3.79. The van der Waals surface area contributed by atoms with Gasteiger partial charge in [0.05, 0.1) is 5.69 Å². The number of hydrogen-bond donors (Lipinski definition) is 1. The quantitative estimate of drug-likeness (QED) is 0.650. The summed E-state index contributed by atoms with van der Waals surface area (Å²) in [7, 11) is 0. The Morgan fingerprint density at radius 1 is 1.00 bits per heavy atom. The average Bonchev–Trinajstić information content (AvgIpc) is 2.58. The molecule has 1 aliphatic heterocycles. The number of nitrogens with zero attached hydrogens (tertiary/aromatic N) is 1. The zero-order chi connectivity index (χ0) is 19.8. The normalized spacial score (nSPS) is 16.7. The molecule has 1 aliphatic rings. The molecule has 1 heterocycles. The molecule has 27 heavy (non-hydrogen) atoms. The summed E-state index contributed by atoms with van der Waals surface area (Å²) < 4.78 is 13.5. The maximum atomic E-state index is 13.5. The molecule has 1 fully saturated rings. The predicted octanol–water partition coefficient (Wildman–Crippen LogP) is 3.79. The Balaban J connectivity index is 1.97. The SMILES string of the molecule is CC(C)(C)c1ccc(/C=C2/C(=O)NC(=O)N(c3cccc(F)c3)C2=O)cc1. The van der Waals surface area contributed by atoms with Crippen LogP contribution in [0.1, 0.15) is 31.9 Å². The summed E-state index contributed by atoms with van der Waals surface area (Å²) in [4.78, 5) is 37.8. The Kier molecular flexibility index (Phi) is 4.66.